The van der Waals surface area contributed by atoms with E-state index in [-0.39, 0.29) is 0 Å². The number of rotatable bonds is 1. The Hall–Kier alpha value is -1.51. The zero-order valence-electron chi connectivity index (χ0n) is 7.57. The molecule has 1 aliphatic rings. The summed E-state index contributed by atoms with van der Waals surface area (Å²) >= 11 is 0. The van der Waals surface area contributed by atoms with Crippen molar-refractivity contribution in [1.82, 2.24) is 4.98 Å². The molecule has 2 heterocycles. The van der Waals surface area contributed by atoms with Crippen LogP contribution in [0.2, 0.25) is 0 Å². The van der Waals surface area contributed by atoms with Crippen LogP contribution in [-0.2, 0) is 0 Å². The lowest BCUT2D eigenvalue weighted by Gasteiger charge is -2.13. The number of hydrogen-bond acceptors (Lipinski definition) is 3. The van der Waals surface area contributed by atoms with Gasteiger partial charge >= 0.3 is 0 Å². The van der Waals surface area contributed by atoms with Crippen LogP contribution in [0, 0.1) is 6.92 Å². The summed E-state index contributed by atoms with van der Waals surface area (Å²) in [7, 11) is 0. The van der Waals surface area contributed by atoms with E-state index in [2.05, 4.69) is 4.98 Å². The summed E-state index contributed by atoms with van der Waals surface area (Å²) in [6.07, 6.45) is 4.31. The third-order valence-corrected chi connectivity index (χ3v) is 2.14. The maximum Gasteiger partial charge on any atom is 0.110 e. The van der Waals surface area contributed by atoms with Gasteiger partial charge in [-0.2, -0.15) is 0 Å². The smallest absolute Gasteiger partial charge is 0.110 e. The normalized spacial score (nSPS) is 16.1. The van der Waals surface area contributed by atoms with E-state index in [1.807, 2.05) is 30.2 Å². The van der Waals surface area contributed by atoms with Gasteiger partial charge in [0.1, 0.15) is 5.76 Å². The lowest BCUT2D eigenvalue weighted by atomic mass is 10.3. The molecule has 0 amide bonds. The van der Waals surface area contributed by atoms with Gasteiger partial charge in [-0.15, -0.1) is 0 Å². The molecule has 0 aliphatic carbocycles. The Bertz CT molecular complexity index is 329. The van der Waals surface area contributed by atoms with Gasteiger partial charge in [-0.25, -0.2) is 0 Å². The number of aryl methyl sites for hydroxylation is 1. The SMILES string of the molecule is Cc1ccc(N2C=C(O)CC2)cn1. The maximum absolute atomic E-state index is 9.21. The molecule has 0 spiro atoms. The summed E-state index contributed by atoms with van der Waals surface area (Å²) < 4.78 is 0. The minimum Gasteiger partial charge on any atom is -0.511 e. The monoisotopic (exact) mass is 176 g/mol. The van der Waals surface area contributed by atoms with E-state index in [9.17, 15) is 5.11 Å². The molecule has 0 saturated carbocycles. The number of hydrogen-bond donors (Lipinski definition) is 1. The minimum absolute atomic E-state index is 0.445. The number of aliphatic hydroxyl groups is 1. The molecule has 2 rings (SSSR count). The molecule has 0 unspecified atom stereocenters. The third-order valence-electron chi connectivity index (χ3n) is 2.14. The van der Waals surface area contributed by atoms with Crippen LogP contribution in [0.1, 0.15) is 12.1 Å². The highest BCUT2D eigenvalue weighted by atomic mass is 16.3. The Morgan fingerprint density at radius 2 is 2.31 bits per heavy atom. The van der Waals surface area contributed by atoms with Gasteiger partial charge in [0.25, 0.3) is 0 Å². The summed E-state index contributed by atoms with van der Waals surface area (Å²) in [5.41, 5.74) is 2.05. The highest BCUT2D eigenvalue weighted by Crippen LogP contribution is 2.20. The first-order valence-corrected chi connectivity index (χ1v) is 4.35. The van der Waals surface area contributed by atoms with Crippen LogP contribution >= 0.6 is 0 Å². The molecule has 0 aromatic carbocycles. The van der Waals surface area contributed by atoms with Gasteiger partial charge in [0.2, 0.25) is 0 Å². The molecule has 13 heavy (non-hydrogen) atoms. The number of aromatic nitrogens is 1. The summed E-state index contributed by atoms with van der Waals surface area (Å²) in [6.45, 7) is 2.80. The van der Waals surface area contributed by atoms with E-state index >= 15 is 0 Å². The van der Waals surface area contributed by atoms with Gasteiger partial charge < -0.3 is 10.0 Å². The molecular weight excluding hydrogens is 164 g/mol. The molecule has 1 aromatic heterocycles. The molecular formula is C10H12N2O. The molecule has 0 fully saturated rings. The van der Waals surface area contributed by atoms with Crippen LogP contribution in [0.3, 0.4) is 0 Å². The van der Waals surface area contributed by atoms with Gasteiger partial charge in [-0.3, -0.25) is 4.98 Å². The molecule has 0 bridgehead atoms. The van der Waals surface area contributed by atoms with Gasteiger partial charge in [-0.1, -0.05) is 0 Å². The van der Waals surface area contributed by atoms with Crippen molar-refractivity contribution in [2.75, 3.05) is 11.4 Å². The summed E-state index contributed by atoms with van der Waals surface area (Å²) in [6, 6.07) is 3.98. The van der Waals surface area contributed by atoms with Crippen molar-refractivity contribution in [2.45, 2.75) is 13.3 Å². The molecule has 1 aliphatic heterocycles. The Labute approximate surface area is 77.3 Å². The largest absolute Gasteiger partial charge is 0.511 e. The number of aliphatic hydroxyl groups excluding tert-OH is 1. The Morgan fingerprint density at radius 3 is 2.85 bits per heavy atom. The van der Waals surface area contributed by atoms with Crippen LogP contribution in [0.25, 0.3) is 0 Å². The first-order valence-electron chi connectivity index (χ1n) is 4.35. The van der Waals surface area contributed by atoms with Crippen molar-refractivity contribution < 1.29 is 5.11 Å². The molecule has 0 atom stereocenters. The zero-order valence-corrected chi connectivity index (χ0v) is 7.57. The number of anilines is 1. The van der Waals surface area contributed by atoms with Crippen LogP contribution in [-0.4, -0.2) is 16.6 Å². The second-order valence-corrected chi connectivity index (χ2v) is 3.22. The fraction of sp³-hybridized carbons (Fsp3) is 0.300. The fourth-order valence-corrected chi connectivity index (χ4v) is 1.38. The standard InChI is InChI=1S/C10H12N2O/c1-8-2-3-9(6-11-8)12-5-4-10(13)7-12/h2-3,6-7,13H,4-5H2,1H3. The minimum atomic E-state index is 0.445. The van der Waals surface area contributed by atoms with Crippen molar-refractivity contribution in [3.63, 3.8) is 0 Å². The van der Waals surface area contributed by atoms with E-state index in [0.717, 1.165) is 24.3 Å². The predicted molar refractivity (Wildman–Crippen MR) is 51.6 cm³/mol. The van der Waals surface area contributed by atoms with E-state index in [4.69, 9.17) is 0 Å². The first-order chi connectivity index (χ1) is 6.25. The van der Waals surface area contributed by atoms with Gasteiger partial charge in [0.05, 0.1) is 11.9 Å². The Kier molecular flexibility index (Phi) is 1.93. The van der Waals surface area contributed by atoms with Gasteiger partial charge in [0, 0.05) is 24.9 Å². The average molecular weight is 176 g/mol. The topological polar surface area (TPSA) is 36.4 Å². The highest BCUT2D eigenvalue weighted by molar-refractivity contribution is 5.49. The molecule has 3 heteroatoms. The first kappa shape index (κ1) is 8.10. The number of nitrogens with zero attached hydrogens (tertiary/aromatic N) is 2. The lowest BCUT2D eigenvalue weighted by Crippen LogP contribution is -2.12. The molecule has 0 radical (unpaired) electrons. The highest BCUT2D eigenvalue weighted by Gasteiger charge is 2.12. The van der Waals surface area contributed by atoms with E-state index in [0.29, 0.717) is 5.76 Å². The van der Waals surface area contributed by atoms with Crippen molar-refractivity contribution in [3.8, 4) is 0 Å². The van der Waals surface area contributed by atoms with E-state index in [1.165, 1.54) is 0 Å². The van der Waals surface area contributed by atoms with Crippen LogP contribution < -0.4 is 4.90 Å². The van der Waals surface area contributed by atoms with Crippen LogP contribution in [0.4, 0.5) is 5.69 Å². The maximum atomic E-state index is 9.21. The summed E-state index contributed by atoms with van der Waals surface area (Å²) in [5, 5.41) is 9.21. The van der Waals surface area contributed by atoms with Crippen molar-refractivity contribution in [2.24, 2.45) is 0 Å². The number of pyridine rings is 1. The zero-order chi connectivity index (χ0) is 9.26. The second-order valence-electron chi connectivity index (χ2n) is 3.22. The van der Waals surface area contributed by atoms with Crippen LogP contribution in [0.15, 0.2) is 30.3 Å². The van der Waals surface area contributed by atoms with Gasteiger partial charge in [-0.05, 0) is 19.1 Å². The van der Waals surface area contributed by atoms with Crippen molar-refractivity contribution in [3.05, 3.63) is 36.0 Å². The molecule has 1 aromatic rings. The van der Waals surface area contributed by atoms with Crippen molar-refractivity contribution in [1.29, 1.82) is 0 Å². The second kappa shape index (κ2) is 3.09. The summed E-state index contributed by atoms with van der Waals surface area (Å²) in [5.74, 6) is 0.445. The Morgan fingerprint density at radius 1 is 1.46 bits per heavy atom. The predicted octanol–water partition coefficient (Wildman–Crippen LogP) is 2.00. The third kappa shape index (κ3) is 1.64. The molecule has 0 saturated heterocycles. The van der Waals surface area contributed by atoms with Gasteiger partial charge in [0.15, 0.2) is 0 Å². The van der Waals surface area contributed by atoms with Crippen molar-refractivity contribution >= 4 is 5.69 Å². The summed E-state index contributed by atoms with van der Waals surface area (Å²) in [4.78, 5) is 6.20. The molecule has 68 valence electrons. The fourth-order valence-electron chi connectivity index (χ4n) is 1.38. The van der Waals surface area contributed by atoms with E-state index in [1.54, 1.807) is 6.20 Å². The van der Waals surface area contributed by atoms with E-state index < -0.39 is 0 Å². The molecule has 3 nitrogen and oxygen atoms in total. The van der Waals surface area contributed by atoms with Crippen LogP contribution in [0.5, 0.6) is 0 Å². The molecule has 1 N–H and O–H groups in total. The Balaban J connectivity index is 2.22. The quantitative estimate of drug-likeness (QED) is 0.711. The lowest BCUT2D eigenvalue weighted by molar-refractivity contribution is 0.400. The average Bonchev–Trinajstić information content (AvgIpc) is 2.53.